The molecule has 1 aromatic rings. The van der Waals surface area contributed by atoms with Gasteiger partial charge in [0.1, 0.15) is 5.78 Å². The number of rotatable bonds is 4. The van der Waals surface area contributed by atoms with Crippen LogP contribution in [0.2, 0.25) is 0 Å². The maximum Gasteiger partial charge on any atom is 0.141 e. The molecule has 0 aliphatic carbocycles. The third-order valence-corrected chi connectivity index (χ3v) is 2.19. The van der Waals surface area contributed by atoms with Gasteiger partial charge in [0, 0.05) is 18.2 Å². The van der Waals surface area contributed by atoms with Crippen molar-refractivity contribution in [1.29, 1.82) is 0 Å². The second-order valence-corrected chi connectivity index (χ2v) is 4.18. The van der Waals surface area contributed by atoms with Crippen molar-refractivity contribution in [1.82, 2.24) is 9.78 Å². The summed E-state index contributed by atoms with van der Waals surface area (Å²) in [6.07, 6.45) is 2.38. The Labute approximate surface area is 85.1 Å². The van der Waals surface area contributed by atoms with Gasteiger partial charge in [-0.2, -0.15) is 5.10 Å². The highest BCUT2D eigenvalue weighted by atomic mass is 16.1. The molecule has 0 aromatic carbocycles. The van der Waals surface area contributed by atoms with E-state index in [1.807, 2.05) is 30.8 Å². The van der Waals surface area contributed by atoms with E-state index in [2.05, 4.69) is 18.9 Å². The smallest absolute Gasteiger partial charge is 0.141 e. The van der Waals surface area contributed by atoms with E-state index in [9.17, 15) is 4.79 Å². The minimum atomic E-state index is 0.0965. The molecule has 0 N–H and O–H groups in total. The summed E-state index contributed by atoms with van der Waals surface area (Å²) in [6.45, 7) is 7.98. The highest BCUT2D eigenvalue weighted by molar-refractivity contribution is 5.82. The lowest BCUT2D eigenvalue weighted by Crippen LogP contribution is -2.11. The van der Waals surface area contributed by atoms with Crippen molar-refractivity contribution in [2.45, 2.75) is 40.2 Å². The molecule has 3 nitrogen and oxygen atoms in total. The third-order valence-electron chi connectivity index (χ3n) is 2.19. The van der Waals surface area contributed by atoms with E-state index in [1.165, 1.54) is 0 Å². The van der Waals surface area contributed by atoms with E-state index >= 15 is 0 Å². The zero-order valence-electron chi connectivity index (χ0n) is 9.32. The normalized spacial score (nSPS) is 11.3. The number of Topliss-reactive ketones (excluding diaryl/α,β-unsaturated/α-hetero) is 1. The summed E-state index contributed by atoms with van der Waals surface area (Å²) < 4.78 is 1.88. The van der Waals surface area contributed by atoms with Gasteiger partial charge in [0.2, 0.25) is 0 Å². The van der Waals surface area contributed by atoms with Gasteiger partial charge in [0.15, 0.2) is 0 Å². The molecule has 1 aromatic heterocycles. The first-order valence-electron chi connectivity index (χ1n) is 5.07. The summed E-state index contributed by atoms with van der Waals surface area (Å²) in [4.78, 5) is 11.4. The van der Waals surface area contributed by atoms with Gasteiger partial charge in [-0.25, -0.2) is 0 Å². The van der Waals surface area contributed by atoms with Crippen molar-refractivity contribution in [3.8, 4) is 0 Å². The Morgan fingerprint density at radius 1 is 1.43 bits per heavy atom. The van der Waals surface area contributed by atoms with Crippen LogP contribution in [0.15, 0.2) is 12.3 Å². The predicted molar refractivity (Wildman–Crippen MR) is 56.2 cm³/mol. The molecule has 0 aliphatic rings. The molecular formula is C11H18N2O. The number of ketones is 1. The molecule has 0 aliphatic heterocycles. The number of carbonyl (C=O) groups is 1. The summed E-state index contributed by atoms with van der Waals surface area (Å²) in [7, 11) is 0. The number of hydrogen-bond donors (Lipinski definition) is 0. The van der Waals surface area contributed by atoms with Crippen molar-refractivity contribution in [3.63, 3.8) is 0 Å². The number of aromatic nitrogens is 2. The van der Waals surface area contributed by atoms with Gasteiger partial charge in [-0.05, 0) is 19.9 Å². The van der Waals surface area contributed by atoms with Gasteiger partial charge in [-0.1, -0.05) is 13.8 Å². The molecule has 3 heteroatoms. The van der Waals surface area contributed by atoms with Crippen molar-refractivity contribution in [2.24, 2.45) is 5.92 Å². The summed E-state index contributed by atoms with van der Waals surface area (Å²) in [5.74, 6) is 0.346. The first-order valence-corrected chi connectivity index (χ1v) is 5.07. The van der Waals surface area contributed by atoms with E-state index in [-0.39, 0.29) is 11.7 Å². The van der Waals surface area contributed by atoms with E-state index in [1.54, 1.807) is 0 Å². The van der Waals surface area contributed by atoms with Crippen molar-refractivity contribution in [3.05, 3.63) is 18.0 Å². The first kappa shape index (κ1) is 11.0. The van der Waals surface area contributed by atoms with E-state index < -0.39 is 0 Å². The summed E-state index contributed by atoms with van der Waals surface area (Å²) >= 11 is 0. The molecule has 0 saturated carbocycles. The van der Waals surface area contributed by atoms with Gasteiger partial charge in [0.05, 0.1) is 12.1 Å². The first-order chi connectivity index (χ1) is 6.50. The van der Waals surface area contributed by atoms with Crippen molar-refractivity contribution >= 4 is 5.78 Å². The Morgan fingerprint density at radius 3 is 2.50 bits per heavy atom. The van der Waals surface area contributed by atoms with Crippen molar-refractivity contribution < 1.29 is 4.79 Å². The van der Waals surface area contributed by atoms with Crippen LogP contribution in [0.5, 0.6) is 0 Å². The molecule has 0 fully saturated rings. The Kier molecular flexibility index (Phi) is 3.44. The zero-order chi connectivity index (χ0) is 10.7. The number of hydrogen-bond acceptors (Lipinski definition) is 2. The maximum absolute atomic E-state index is 11.4. The Bertz CT molecular complexity index is 313. The van der Waals surface area contributed by atoms with Gasteiger partial charge in [0.25, 0.3) is 0 Å². The molecule has 0 unspecified atom stereocenters. The minimum Gasteiger partial charge on any atom is -0.299 e. The molecule has 0 spiro atoms. The molecule has 0 saturated heterocycles. The van der Waals surface area contributed by atoms with Crippen LogP contribution in [-0.2, 0) is 11.2 Å². The fourth-order valence-electron chi connectivity index (χ4n) is 1.14. The number of carbonyl (C=O) groups excluding carboxylic acids is 1. The molecule has 0 amide bonds. The molecule has 1 rings (SSSR count). The van der Waals surface area contributed by atoms with E-state index in [0.29, 0.717) is 12.5 Å². The Balaban J connectivity index is 2.64. The predicted octanol–water partition coefficient (Wildman–Crippen LogP) is 2.23. The molecule has 14 heavy (non-hydrogen) atoms. The number of nitrogens with zero attached hydrogens (tertiary/aromatic N) is 2. The van der Waals surface area contributed by atoms with E-state index in [4.69, 9.17) is 0 Å². The highest BCUT2D eigenvalue weighted by Gasteiger charge is 2.10. The molecule has 78 valence electrons. The van der Waals surface area contributed by atoms with Crippen LogP contribution in [0.4, 0.5) is 0 Å². The van der Waals surface area contributed by atoms with Gasteiger partial charge >= 0.3 is 0 Å². The average Bonchev–Trinajstić information content (AvgIpc) is 2.52. The lowest BCUT2D eigenvalue weighted by Gasteiger charge is -2.04. The average molecular weight is 194 g/mol. The maximum atomic E-state index is 11.4. The SMILES string of the molecule is CC(C)C(=O)Cc1ccn(C(C)C)n1. The zero-order valence-corrected chi connectivity index (χ0v) is 9.32. The van der Waals surface area contributed by atoms with Gasteiger partial charge in [-0.3, -0.25) is 9.48 Å². The topological polar surface area (TPSA) is 34.9 Å². The fraction of sp³-hybridized carbons (Fsp3) is 0.636. The second kappa shape index (κ2) is 4.40. The summed E-state index contributed by atoms with van der Waals surface area (Å²) in [6, 6.07) is 2.28. The summed E-state index contributed by atoms with van der Waals surface area (Å²) in [5.41, 5.74) is 0.873. The van der Waals surface area contributed by atoms with Crippen molar-refractivity contribution in [2.75, 3.05) is 0 Å². The molecule has 0 radical (unpaired) electrons. The van der Waals surface area contributed by atoms with Gasteiger partial charge < -0.3 is 0 Å². The van der Waals surface area contributed by atoms with Crippen LogP contribution < -0.4 is 0 Å². The minimum absolute atomic E-state index is 0.0965. The second-order valence-electron chi connectivity index (χ2n) is 4.18. The quantitative estimate of drug-likeness (QED) is 0.736. The van der Waals surface area contributed by atoms with Crippen LogP contribution in [0.1, 0.15) is 39.4 Å². The molecule has 0 bridgehead atoms. The van der Waals surface area contributed by atoms with Crippen LogP contribution in [-0.4, -0.2) is 15.6 Å². The van der Waals surface area contributed by atoms with E-state index in [0.717, 1.165) is 5.69 Å². The highest BCUT2D eigenvalue weighted by Crippen LogP contribution is 2.07. The Hall–Kier alpha value is -1.12. The lowest BCUT2D eigenvalue weighted by atomic mass is 10.1. The molecular weight excluding hydrogens is 176 g/mol. The Morgan fingerprint density at radius 2 is 2.07 bits per heavy atom. The van der Waals surface area contributed by atoms with Gasteiger partial charge in [-0.15, -0.1) is 0 Å². The third kappa shape index (κ3) is 2.69. The van der Waals surface area contributed by atoms with Crippen LogP contribution in [0.3, 0.4) is 0 Å². The standard InChI is InChI=1S/C11H18N2O/c1-8(2)11(14)7-10-5-6-13(12-10)9(3)4/h5-6,8-9H,7H2,1-4H3. The summed E-state index contributed by atoms with van der Waals surface area (Å²) in [5, 5.41) is 4.33. The lowest BCUT2D eigenvalue weighted by molar-refractivity contribution is -0.121. The van der Waals surface area contributed by atoms with Crippen LogP contribution in [0.25, 0.3) is 0 Å². The monoisotopic (exact) mass is 194 g/mol. The molecule has 0 atom stereocenters. The molecule has 1 heterocycles. The van der Waals surface area contributed by atoms with Crippen LogP contribution >= 0.6 is 0 Å². The van der Waals surface area contributed by atoms with Crippen LogP contribution in [0, 0.1) is 5.92 Å². The largest absolute Gasteiger partial charge is 0.299 e. The fourth-order valence-corrected chi connectivity index (χ4v) is 1.14.